The van der Waals surface area contributed by atoms with E-state index in [9.17, 15) is 13.2 Å². The molecule has 1 heterocycles. The zero-order valence-corrected chi connectivity index (χ0v) is 13.6. The fraction of sp³-hybridized carbons (Fsp3) is 0.333. The Bertz CT molecular complexity index is 694. The molecule has 124 valence electrons. The smallest absolute Gasteiger partial charge is 0.358 e. The number of anilines is 1. The van der Waals surface area contributed by atoms with Gasteiger partial charge in [-0.3, -0.25) is 4.68 Å². The molecule has 1 aromatic heterocycles. The Balaban J connectivity index is 1.96. The van der Waals surface area contributed by atoms with Crippen molar-refractivity contribution in [2.75, 3.05) is 5.32 Å². The molecule has 0 unspecified atom stereocenters. The van der Waals surface area contributed by atoms with Crippen molar-refractivity contribution in [2.45, 2.75) is 33.1 Å². The van der Waals surface area contributed by atoms with Gasteiger partial charge in [0.1, 0.15) is 0 Å². The van der Waals surface area contributed by atoms with E-state index < -0.39 is 11.7 Å². The minimum absolute atomic E-state index is 0.257. The third-order valence-corrected chi connectivity index (χ3v) is 3.51. The normalized spacial score (nSPS) is 11.3. The van der Waals surface area contributed by atoms with Crippen LogP contribution in [0.15, 0.2) is 30.5 Å². The van der Waals surface area contributed by atoms with E-state index in [1.54, 1.807) is 0 Å². The molecule has 0 aliphatic carbocycles. The Morgan fingerprint density at radius 2 is 2.09 bits per heavy atom. The first-order valence-corrected chi connectivity index (χ1v) is 7.45. The van der Waals surface area contributed by atoms with Crippen molar-refractivity contribution in [1.29, 1.82) is 0 Å². The summed E-state index contributed by atoms with van der Waals surface area (Å²) in [5.41, 5.74) is 1.45. The quantitative estimate of drug-likeness (QED) is 0.831. The van der Waals surface area contributed by atoms with Gasteiger partial charge in [-0.25, -0.2) is 0 Å². The third kappa shape index (κ3) is 4.69. The highest BCUT2D eigenvalue weighted by molar-refractivity contribution is 7.80. The molecule has 4 nitrogen and oxygen atoms in total. The van der Waals surface area contributed by atoms with Gasteiger partial charge in [0.15, 0.2) is 5.11 Å². The van der Waals surface area contributed by atoms with Gasteiger partial charge in [-0.05, 0) is 44.3 Å². The van der Waals surface area contributed by atoms with E-state index in [2.05, 4.69) is 15.7 Å². The van der Waals surface area contributed by atoms with E-state index >= 15 is 0 Å². The van der Waals surface area contributed by atoms with E-state index in [1.165, 1.54) is 12.1 Å². The number of benzene rings is 1. The second-order valence-electron chi connectivity index (χ2n) is 4.98. The molecule has 0 aliphatic rings. The van der Waals surface area contributed by atoms with Gasteiger partial charge in [-0.1, -0.05) is 6.07 Å². The Morgan fingerprint density at radius 3 is 2.70 bits per heavy atom. The molecule has 8 heteroatoms. The number of hydrogen-bond donors (Lipinski definition) is 2. The summed E-state index contributed by atoms with van der Waals surface area (Å²) < 4.78 is 39.8. The minimum Gasteiger partial charge on any atom is -0.358 e. The number of aryl methyl sites for hydroxylation is 2. The number of aromatic nitrogens is 2. The number of halogens is 3. The van der Waals surface area contributed by atoms with Crippen molar-refractivity contribution in [3.8, 4) is 0 Å². The van der Waals surface area contributed by atoms with Gasteiger partial charge >= 0.3 is 6.18 Å². The van der Waals surface area contributed by atoms with Crippen LogP contribution in [0.3, 0.4) is 0 Å². The van der Waals surface area contributed by atoms with Crippen molar-refractivity contribution >= 4 is 23.0 Å². The first kappa shape index (κ1) is 17.3. The van der Waals surface area contributed by atoms with E-state index in [0.29, 0.717) is 12.2 Å². The summed E-state index contributed by atoms with van der Waals surface area (Å²) >= 11 is 5.12. The lowest BCUT2D eigenvalue weighted by molar-refractivity contribution is -0.137. The monoisotopic (exact) mass is 342 g/mol. The standard InChI is InChI=1S/C15H17F3N4S/c1-3-22-9-11(10(2)21-22)8-19-14(23)20-13-6-4-5-12(7-13)15(16,17)18/h4-7,9H,3,8H2,1-2H3,(H2,19,20,23). The number of rotatable bonds is 4. The average Bonchev–Trinajstić information content (AvgIpc) is 2.85. The second kappa shape index (κ2) is 6.99. The Kier molecular flexibility index (Phi) is 5.25. The van der Waals surface area contributed by atoms with Crippen LogP contribution in [0.4, 0.5) is 18.9 Å². The highest BCUT2D eigenvalue weighted by Crippen LogP contribution is 2.30. The topological polar surface area (TPSA) is 41.9 Å². The molecule has 23 heavy (non-hydrogen) atoms. The van der Waals surface area contributed by atoms with E-state index in [0.717, 1.165) is 29.9 Å². The minimum atomic E-state index is -4.38. The molecule has 0 radical (unpaired) electrons. The maximum Gasteiger partial charge on any atom is 0.416 e. The molecule has 1 aromatic carbocycles. The highest BCUT2D eigenvalue weighted by atomic mass is 32.1. The van der Waals surface area contributed by atoms with Gasteiger partial charge in [0.25, 0.3) is 0 Å². The maximum absolute atomic E-state index is 12.7. The van der Waals surface area contributed by atoms with Crippen molar-refractivity contribution in [3.05, 3.63) is 47.3 Å². The van der Waals surface area contributed by atoms with Crippen LogP contribution in [0.1, 0.15) is 23.7 Å². The van der Waals surface area contributed by atoms with Crippen LogP contribution in [0.5, 0.6) is 0 Å². The molecule has 2 aromatic rings. The van der Waals surface area contributed by atoms with Crippen LogP contribution < -0.4 is 10.6 Å². The molecular weight excluding hydrogens is 325 g/mol. The van der Waals surface area contributed by atoms with Gasteiger partial charge in [0, 0.05) is 30.5 Å². The molecule has 0 bridgehead atoms. The molecule has 0 saturated heterocycles. The van der Waals surface area contributed by atoms with Crippen LogP contribution in [0, 0.1) is 6.92 Å². The lowest BCUT2D eigenvalue weighted by Gasteiger charge is -2.12. The summed E-state index contributed by atoms with van der Waals surface area (Å²) in [5.74, 6) is 0. The molecule has 0 amide bonds. The van der Waals surface area contributed by atoms with Crippen molar-refractivity contribution in [3.63, 3.8) is 0 Å². The lowest BCUT2D eigenvalue weighted by atomic mass is 10.2. The summed E-state index contributed by atoms with van der Waals surface area (Å²) in [4.78, 5) is 0. The zero-order chi connectivity index (χ0) is 17.0. The molecule has 2 rings (SSSR count). The fourth-order valence-electron chi connectivity index (χ4n) is 2.02. The summed E-state index contributed by atoms with van der Waals surface area (Å²) in [5, 5.41) is 10.3. The predicted molar refractivity (Wildman–Crippen MR) is 87.1 cm³/mol. The van der Waals surface area contributed by atoms with Gasteiger partial charge in [-0.2, -0.15) is 18.3 Å². The zero-order valence-electron chi connectivity index (χ0n) is 12.7. The van der Waals surface area contributed by atoms with Crippen LogP contribution >= 0.6 is 12.2 Å². The Morgan fingerprint density at radius 1 is 1.35 bits per heavy atom. The second-order valence-corrected chi connectivity index (χ2v) is 5.39. The first-order valence-electron chi connectivity index (χ1n) is 7.04. The van der Waals surface area contributed by atoms with Crippen LogP contribution in [-0.2, 0) is 19.3 Å². The average molecular weight is 342 g/mol. The number of alkyl halides is 3. The summed E-state index contributed by atoms with van der Waals surface area (Å²) in [6, 6.07) is 4.91. The van der Waals surface area contributed by atoms with Crippen LogP contribution in [0.2, 0.25) is 0 Å². The third-order valence-electron chi connectivity index (χ3n) is 3.26. The van der Waals surface area contributed by atoms with Gasteiger partial charge in [0.05, 0.1) is 11.3 Å². The number of nitrogens with zero attached hydrogens (tertiary/aromatic N) is 2. The van der Waals surface area contributed by atoms with E-state index in [1.807, 2.05) is 24.7 Å². The number of thiocarbonyl (C=S) groups is 1. The van der Waals surface area contributed by atoms with Crippen molar-refractivity contribution in [1.82, 2.24) is 15.1 Å². The Labute approximate surface area is 137 Å². The van der Waals surface area contributed by atoms with Crippen LogP contribution in [-0.4, -0.2) is 14.9 Å². The SMILES string of the molecule is CCn1cc(CNC(=S)Nc2cccc(C(F)(F)F)c2)c(C)n1. The Hall–Kier alpha value is -2.09. The highest BCUT2D eigenvalue weighted by Gasteiger charge is 2.30. The largest absolute Gasteiger partial charge is 0.416 e. The summed E-state index contributed by atoms with van der Waals surface area (Å²) in [6.45, 7) is 5.11. The molecule has 0 atom stereocenters. The summed E-state index contributed by atoms with van der Waals surface area (Å²) in [6.07, 6.45) is -2.46. The van der Waals surface area contributed by atoms with Gasteiger partial charge in [-0.15, -0.1) is 0 Å². The molecule has 2 N–H and O–H groups in total. The van der Waals surface area contributed by atoms with Crippen molar-refractivity contribution < 1.29 is 13.2 Å². The van der Waals surface area contributed by atoms with Gasteiger partial charge in [0.2, 0.25) is 0 Å². The van der Waals surface area contributed by atoms with E-state index in [4.69, 9.17) is 12.2 Å². The molecule has 0 saturated carbocycles. The number of nitrogens with one attached hydrogen (secondary N) is 2. The van der Waals surface area contributed by atoms with E-state index in [-0.39, 0.29) is 5.11 Å². The summed E-state index contributed by atoms with van der Waals surface area (Å²) in [7, 11) is 0. The molecular formula is C15H17F3N4S. The van der Waals surface area contributed by atoms with Crippen LogP contribution in [0.25, 0.3) is 0 Å². The molecule has 0 fully saturated rings. The molecule has 0 aliphatic heterocycles. The molecule has 0 spiro atoms. The van der Waals surface area contributed by atoms with Crippen molar-refractivity contribution in [2.24, 2.45) is 0 Å². The first-order chi connectivity index (χ1) is 10.8. The number of hydrogen-bond acceptors (Lipinski definition) is 2. The maximum atomic E-state index is 12.7. The predicted octanol–water partition coefficient (Wildman–Crippen LogP) is 3.72. The van der Waals surface area contributed by atoms with Gasteiger partial charge < -0.3 is 10.6 Å². The fourth-order valence-corrected chi connectivity index (χ4v) is 2.21. The lowest BCUT2D eigenvalue weighted by Crippen LogP contribution is -2.28.